The van der Waals surface area contributed by atoms with E-state index >= 15 is 0 Å². The standard InChI is InChI=1S/C23H20ClFN5O2P/c24-21-7-8-26-23(27-21)30-9-11-33(32,12-10-30)20-14-15(5-6-18(20)25)13-19-16-3-1-2-4-17(16)22(31)29-28-19/h1-8,14,32H,9-13H2/p+1. The van der Waals surface area contributed by atoms with Gasteiger partial charge in [0.2, 0.25) is 5.95 Å². The zero-order valence-corrected chi connectivity index (χ0v) is 19.2. The molecule has 0 radical (unpaired) electrons. The summed E-state index contributed by atoms with van der Waals surface area (Å²) >= 11 is 5.97. The lowest BCUT2D eigenvalue weighted by atomic mass is 10.0. The van der Waals surface area contributed by atoms with Gasteiger partial charge in [-0.25, -0.2) is 24.4 Å². The van der Waals surface area contributed by atoms with Crippen LogP contribution in [0, 0.1) is 5.82 Å². The van der Waals surface area contributed by atoms with Crippen LogP contribution < -0.4 is 15.8 Å². The molecule has 0 aliphatic carbocycles. The largest absolute Gasteiger partial charge is 0.333 e. The molecule has 0 amide bonds. The third-order valence-electron chi connectivity index (χ3n) is 5.98. The van der Waals surface area contributed by atoms with Gasteiger partial charge in [-0.3, -0.25) is 4.79 Å². The van der Waals surface area contributed by atoms with Crippen LogP contribution in [0.3, 0.4) is 0 Å². The second kappa shape index (κ2) is 8.78. The van der Waals surface area contributed by atoms with Gasteiger partial charge in [-0.05, 0) is 29.8 Å². The highest BCUT2D eigenvalue weighted by atomic mass is 35.5. The molecule has 3 heterocycles. The van der Waals surface area contributed by atoms with Crippen LogP contribution in [0.4, 0.5) is 10.3 Å². The Morgan fingerprint density at radius 1 is 1.12 bits per heavy atom. The van der Waals surface area contributed by atoms with Crippen molar-refractivity contribution in [1.29, 1.82) is 0 Å². The lowest BCUT2D eigenvalue weighted by Crippen LogP contribution is -2.41. The monoisotopic (exact) mass is 484 g/mol. The van der Waals surface area contributed by atoms with Gasteiger partial charge < -0.3 is 4.90 Å². The maximum Gasteiger partial charge on any atom is 0.272 e. The average molecular weight is 485 g/mol. The number of nitrogens with one attached hydrogen (secondary N) is 1. The molecule has 0 atom stereocenters. The smallest absolute Gasteiger partial charge is 0.272 e. The Labute approximate surface area is 194 Å². The molecule has 2 aromatic carbocycles. The molecule has 0 bridgehead atoms. The number of H-pyrrole nitrogens is 1. The molecule has 0 saturated carbocycles. The van der Waals surface area contributed by atoms with Gasteiger partial charge in [0.05, 0.1) is 24.2 Å². The van der Waals surface area contributed by atoms with Crippen molar-refractivity contribution in [2.45, 2.75) is 6.42 Å². The first-order valence-corrected chi connectivity index (χ1v) is 13.0. The minimum absolute atomic E-state index is 0.246. The molecular formula is C23H21ClFN5O2P+. The predicted octanol–water partition coefficient (Wildman–Crippen LogP) is 3.17. The predicted molar refractivity (Wildman–Crippen MR) is 129 cm³/mol. The van der Waals surface area contributed by atoms with Crippen molar-refractivity contribution in [3.05, 3.63) is 87.3 Å². The van der Waals surface area contributed by atoms with Gasteiger partial charge in [0.1, 0.15) is 17.5 Å². The summed E-state index contributed by atoms with van der Waals surface area (Å²) in [4.78, 5) is 34.0. The number of benzene rings is 2. The highest BCUT2D eigenvalue weighted by Gasteiger charge is 2.45. The minimum Gasteiger partial charge on any atom is -0.333 e. The zero-order valence-electron chi connectivity index (χ0n) is 17.6. The van der Waals surface area contributed by atoms with E-state index in [0.29, 0.717) is 59.3 Å². The van der Waals surface area contributed by atoms with Crippen molar-refractivity contribution in [3.8, 4) is 0 Å². The highest BCUT2D eigenvalue weighted by Crippen LogP contribution is 2.55. The SMILES string of the molecule is O=c1[nH]nc(Cc2ccc(F)c([P+]3(O)CCN(c4nccc(Cl)n4)CC3)c2)c2ccccc12. The molecule has 168 valence electrons. The summed E-state index contributed by atoms with van der Waals surface area (Å²) in [6.45, 7) is 1.03. The molecule has 2 aromatic heterocycles. The Bertz CT molecular complexity index is 1390. The normalized spacial score (nSPS) is 15.7. The van der Waals surface area contributed by atoms with Crippen LogP contribution in [-0.4, -0.2) is 50.5 Å². The van der Waals surface area contributed by atoms with Gasteiger partial charge in [-0.15, -0.1) is 0 Å². The minimum atomic E-state index is -2.69. The van der Waals surface area contributed by atoms with Crippen LogP contribution in [0.1, 0.15) is 11.3 Å². The summed E-state index contributed by atoms with van der Waals surface area (Å²) in [7, 11) is -2.69. The summed E-state index contributed by atoms with van der Waals surface area (Å²) < 4.78 is 14.9. The quantitative estimate of drug-likeness (QED) is 0.341. The lowest BCUT2D eigenvalue weighted by molar-refractivity contribution is 0.585. The molecule has 1 aliphatic heterocycles. The number of anilines is 1. The van der Waals surface area contributed by atoms with Crippen molar-refractivity contribution in [2.24, 2.45) is 0 Å². The van der Waals surface area contributed by atoms with Gasteiger partial charge >= 0.3 is 0 Å². The molecule has 0 spiro atoms. The van der Waals surface area contributed by atoms with Crippen molar-refractivity contribution in [3.63, 3.8) is 0 Å². The van der Waals surface area contributed by atoms with E-state index in [2.05, 4.69) is 20.2 Å². The number of rotatable bonds is 4. The molecule has 5 rings (SSSR count). The van der Waals surface area contributed by atoms with Gasteiger partial charge in [0.15, 0.2) is 18.6 Å². The second-order valence-corrected chi connectivity index (χ2v) is 11.7. The van der Waals surface area contributed by atoms with Gasteiger partial charge in [0.25, 0.3) is 5.56 Å². The fourth-order valence-corrected chi connectivity index (χ4v) is 7.06. The van der Waals surface area contributed by atoms with Crippen LogP contribution in [0.25, 0.3) is 10.8 Å². The summed E-state index contributed by atoms with van der Waals surface area (Å²) in [5, 5.41) is 8.81. The van der Waals surface area contributed by atoms with Crippen LogP contribution in [0.5, 0.6) is 0 Å². The molecule has 33 heavy (non-hydrogen) atoms. The number of nitrogens with zero attached hydrogens (tertiary/aromatic N) is 4. The molecule has 2 N–H and O–H groups in total. The molecule has 1 fully saturated rings. The van der Waals surface area contributed by atoms with Crippen molar-refractivity contribution < 1.29 is 9.28 Å². The molecule has 7 nitrogen and oxygen atoms in total. The van der Waals surface area contributed by atoms with E-state index in [1.165, 1.54) is 6.07 Å². The Morgan fingerprint density at radius 3 is 2.64 bits per heavy atom. The van der Waals surface area contributed by atoms with Gasteiger partial charge in [-0.1, -0.05) is 35.9 Å². The van der Waals surface area contributed by atoms with Crippen LogP contribution in [-0.2, 0) is 6.42 Å². The third-order valence-corrected chi connectivity index (χ3v) is 9.31. The molecule has 1 saturated heterocycles. The zero-order chi connectivity index (χ0) is 23.0. The molecular weight excluding hydrogens is 464 g/mol. The van der Waals surface area contributed by atoms with E-state index in [4.69, 9.17) is 11.6 Å². The first-order chi connectivity index (χ1) is 15.9. The highest BCUT2D eigenvalue weighted by molar-refractivity contribution is 7.77. The fraction of sp³-hybridized carbons (Fsp3) is 0.217. The fourth-order valence-electron chi connectivity index (χ4n) is 4.20. The van der Waals surface area contributed by atoms with Gasteiger partial charge in [0, 0.05) is 18.0 Å². The van der Waals surface area contributed by atoms with E-state index < -0.39 is 13.3 Å². The molecule has 10 heteroatoms. The van der Waals surface area contributed by atoms with E-state index in [1.807, 2.05) is 17.0 Å². The Balaban J connectivity index is 1.40. The number of halogens is 2. The van der Waals surface area contributed by atoms with E-state index in [0.717, 1.165) is 10.9 Å². The van der Waals surface area contributed by atoms with Gasteiger partial charge in [-0.2, -0.15) is 5.10 Å². The number of hydrogen-bond donors (Lipinski definition) is 2. The van der Waals surface area contributed by atoms with Crippen LogP contribution in [0.2, 0.25) is 5.15 Å². The average Bonchev–Trinajstić information content (AvgIpc) is 2.82. The van der Waals surface area contributed by atoms with Crippen molar-refractivity contribution >= 4 is 41.1 Å². The summed E-state index contributed by atoms with van der Waals surface area (Å²) in [6.07, 6.45) is 2.87. The maximum atomic E-state index is 14.9. The van der Waals surface area contributed by atoms with E-state index in [9.17, 15) is 14.1 Å². The maximum absolute atomic E-state index is 14.9. The Morgan fingerprint density at radius 2 is 1.88 bits per heavy atom. The Kier molecular flexibility index (Phi) is 5.83. The summed E-state index contributed by atoms with van der Waals surface area (Å²) in [5.41, 5.74) is 1.27. The topological polar surface area (TPSA) is 95.0 Å². The van der Waals surface area contributed by atoms with Crippen molar-refractivity contribution in [2.75, 3.05) is 30.3 Å². The molecule has 1 aliphatic rings. The van der Waals surface area contributed by atoms with Crippen LogP contribution in [0.15, 0.2) is 59.5 Å². The van der Waals surface area contributed by atoms with Crippen molar-refractivity contribution in [1.82, 2.24) is 20.2 Å². The van der Waals surface area contributed by atoms with E-state index in [1.54, 1.807) is 36.5 Å². The lowest BCUT2D eigenvalue weighted by Gasteiger charge is -2.32. The first-order valence-electron chi connectivity index (χ1n) is 10.5. The second-order valence-electron chi connectivity index (χ2n) is 8.04. The Hall–Kier alpha value is -2.93. The number of fused-ring (bicyclic) bond motifs is 1. The third kappa shape index (κ3) is 4.34. The summed E-state index contributed by atoms with van der Waals surface area (Å²) in [5.74, 6) is 0.111. The number of aromatic amines is 1. The van der Waals surface area contributed by atoms with Crippen LogP contribution >= 0.6 is 19.1 Å². The molecule has 4 aromatic rings. The summed E-state index contributed by atoms with van der Waals surface area (Å²) in [6, 6.07) is 13.7. The number of hydrogen-bond acceptors (Lipinski definition) is 6. The first kappa shape index (κ1) is 21.9. The molecule has 0 unspecified atom stereocenters. The number of aromatic nitrogens is 4. The van der Waals surface area contributed by atoms with E-state index in [-0.39, 0.29) is 5.56 Å².